The van der Waals surface area contributed by atoms with Crippen molar-refractivity contribution in [1.82, 2.24) is 9.97 Å². The molecule has 0 aliphatic carbocycles. The monoisotopic (exact) mass is 214 g/mol. The molecule has 0 N–H and O–H groups in total. The summed E-state index contributed by atoms with van der Waals surface area (Å²) in [6.07, 6.45) is 3.49. The molecule has 11 heavy (non-hydrogen) atoms. The Balaban J connectivity index is 3.06. The first-order chi connectivity index (χ1) is 5.00. The molecule has 1 heterocycles. The smallest absolute Gasteiger partial charge is 0.124 e. The molecule has 0 atom stereocenters. The highest BCUT2D eigenvalue weighted by Gasteiger charge is 2.15. The standard InChI is InChI=1S/C8H11BrN2/c1-8(2,3)6-4-10-5-7(9)11-6/h4-5H,1-3H3. The third-order valence-corrected chi connectivity index (χ3v) is 1.76. The minimum absolute atomic E-state index is 0.0801. The lowest BCUT2D eigenvalue weighted by Crippen LogP contribution is -2.13. The predicted octanol–water partition coefficient (Wildman–Crippen LogP) is 2.54. The van der Waals surface area contributed by atoms with Crippen molar-refractivity contribution in [1.29, 1.82) is 0 Å². The van der Waals surface area contributed by atoms with Crippen molar-refractivity contribution in [3.8, 4) is 0 Å². The van der Waals surface area contributed by atoms with E-state index in [-0.39, 0.29) is 5.41 Å². The van der Waals surface area contributed by atoms with E-state index in [2.05, 4.69) is 46.7 Å². The second-order valence-corrected chi connectivity index (χ2v) is 4.29. The molecule has 0 spiro atoms. The summed E-state index contributed by atoms with van der Waals surface area (Å²) in [6, 6.07) is 0. The minimum Gasteiger partial charge on any atom is -0.260 e. The Morgan fingerprint density at radius 3 is 2.27 bits per heavy atom. The Morgan fingerprint density at radius 2 is 1.91 bits per heavy atom. The van der Waals surface area contributed by atoms with Gasteiger partial charge in [-0.3, -0.25) is 4.98 Å². The van der Waals surface area contributed by atoms with Gasteiger partial charge in [0.15, 0.2) is 0 Å². The zero-order valence-corrected chi connectivity index (χ0v) is 8.51. The van der Waals surface area contributed by atoms with E-state index in [1.165, 1.54) is 0 Å². The Morgan fingerprint density at radius 1 is 1.27 bits per heavy atom. The molecule has 0 unspecified atom stereocenters. The largest absolute Gasteiger partial charge is 0.260 e. The molecule has 0 aliphatic heterocycles. The fourth-order valence-electron chi connectivity index (χ4n) is 0.704. The number of nitrogens with zero attached hydrogens (tertiary/aromatic N) is 2. The Bertz CT molecular complexity index is 253. The topological polar surface area (TPSA) is 25.8 Å². The van der Waals surface area contributed by atoms with Crippen LogP contribution in [0.3, 0.4) is 0 Å². The highest BCUT2D eigenvalue weighted by molar-refractivity contribution is 9.10. The maximum Gasteiger partial charge on any atom is 0.124 e. The normalized spacial score (nSPS) is 11.6. The van der Waals surface area contributed by atoms with Crippen molar-refractivity contribution in [2.75, 3.05) is 0 Å². The molecular formula is C8H11BrN2. The van der Waals surface area contributed by atoms with Crippen LogP contribution in [0.4, 0.5) is 0 Å². The van der Waals surface area contributed by atoms with Crippen molar-refractivity contribution < 1.29 is 0 Å². The van der Waals surface area contributed by atoms with Gasteiger partial charge in [0.1, 0.15) is 4.60 Å². The van der Waals surface area contributed by atoms with E-state index >= 15 is 0 Å². The number of halogens is 1. The van der Waals surface area contributed by atoms with Crippen molar-refractivity contribution in [2.24, 2.45) is 0 Å². The summed E-state index contributed by atoms with van der Waals surface area (Å²) in [5.41, 5.74) is 1.09. The molecule has 3 heteroatoms. The lowest BCUT2D eigenvalue weighted by atomic mass is 9.93. The molecule has 0 saturated heterocycles. The lowest BCUT2D eigenvalue weighted by molar-refractivity contribution is 0.564. The minimum atomic E-state index is 0.0801. The summed E-state index contributed by atoms with van der Waals surface area (Å²) < 4.78 is 0.796. The van der Waals surface area contributed by atoms with Gasteiger partial charge in [-0.2, -0.15) is 0 Å². The molecule has 0 aromatic carbocycles. The second kappa shape index (κ2) is 2.89. The van der Waals surface area contributed by atoms with Gasteiger partial charge in [-0.1, -0.05) is 20.8 Å². The van der Waals surface area contributed by atoms with Gasteiger partial charge < -0.3 is 0 Å². The van der Waals surface area contributed by atoms with Crippen molar-refractivity contribution >= 4 is 15.9 Å². The van der Waals surface area contributed by atoms with Crippen LogP contribution in [0.2, 0.25) is 0 Å². The summed E-state index contributed by atoms with van der Waals surface area (Å²) in [4.78, 5) is 8.34. The van der Waals surface area contributed by atoms with E-state index in [0.29, 0.717) is 0 Å². The maximum atomic E-state index is 4.30. The summed E-state index contributed by atoms with van der Waals surface area (Å²) in [5.74, 6) is 0. The first-order valence-electron chi connectivity index (χ1n) is 3.48. The van der Waals surface area contributed by atoms with E-state index in [1.54, 1.807) is 12.4 Å². The molecule has 0 saturated carbocycles. The Hall–Kier alpha value is -0.440. The highest BCUT2D eigenvalue weighted by Crippen LogP contribution is 2.19. The average Bonchev–Trinajstić information content (AvgIpc) is 1.86. The molecular weight excluding hydrogens is 204 g/mol. The third kappa shape index (κ3) is 2.26. The molecule has 0 fully saturated rings. The quantitative estimate of drug-likeness (QED) is 0.664. The molecule has 0 amide bonds. The molecule has 1 rings (SSSR count). The van der Waals surface area contributed by atoms with E-state index in [9.17, 15) is 0 Å². The number of hydrogen-bond donors (Lipinski definition) is 0. The SMILES string of the molecule is CC(C)(C)c1cncc(Br)n1. The van der Waals surface area contributed by atoms with Gasteiger partial charge in [-0.15, -0.1) is 0 Å². The van der Waals surface area contributed by atoms with E-state index in [4.69, 9.17) is 0 Å². The van der Waals surface area contributed by atoms with Crippen molar-refractivity contribution in [3.05, 3.63) is 22.7 Å². The molecule has 0 aliphatic rings. The average molecular weight is 215 g/mol. The summed E-state index contributed by atoms with van der Waals surface area (Å²) >= 11 is 3.28. The fourth-order valence-corrected chi connectivity index (χ4v) is 1.01. The molecule has 2 nitrogen and oxygen atoms in total. The molecule has 1 aromatic heterocycles. The zero-order valence-electron chi connectivity index (χ0n) is 6.93. The lowest BCUT2D eigenvalue weighted by Gasteiger charge is -2.16. The van der Waals surface area contributed by atoms with Gasteiger partial charge >= 0.3 is 0 Å². The van der Waals surface area contributed by atoms with Gasteiger partial charge in [0, 0.05) is 11.6 Å². The summed E-state index contributed by atoms with van der Waals surface area (Å²) in [7, 11) is 0. The van der Waals surface area contributed by atoms with Crippen LogP contribution in [-0.4, -0.2) is 9.97 Å². The van der Waals surface area contributed by atoms with Gasteiger partial charge in [-0.05, 0) is 15.9 Å². The number of aromatic nitrogens is 2. The maximum absolute atomic E-state index is 4.30. The molecule has 0 radical (unpaired) electrons. The van der Waals surface area contributed by atoms with Gasteiger partial charge in [0.05, 0.1) is 11.9 Å². The summed E-state index contributed by atoms with van der Waals surface area (Å²) in [5, 5.41) is 0. The molecule has 1 aromatic rings. The van der Waals surface area contributed by atoms with Gasteiger partial charge in [-0.25, -0.2) is 4.98 Å². The molecule has 0 bridgehead atoms. The van der Waals surface area contributed by atoms with Crippen LogP contribution in [0.15, 0.2) is 17.0 Å². The van der Waals surface area contributed by atoms with E-state index in [1.807, 2.05) is 0 Å². The van der Waals surface area contributed by atoms with Crippen LogP contribution < -0.4 is 0 Å². The fraction of sp³-hybridized carbons (Fsp3) is 0.500. The first kappa shape index (κ1) is 8.65. The molecule has 60 valence electrons. The van der Waals surface area contributed by atoms with Crippen molar-refractivity contribution in [2.45, 2.75) is 26.2 Å². The highest BCUT2D eigenvalue weighted by atomic mass is 79.9. The van der Waals surface area contributed by atoms with Gasteiger partial charge in [0.25, 0.3) is 0 Å². The van der Waals surface area contributed by atoms with Crippen LogP contribution in [0.1, 0.15) is 26.5 Å². The van der Waals surface area contributed by atoms with Crippen LogP contribution >= 0.6 is 15.9 Å². The van der Waals surface area contributed by atoms with Crippen LogP contribution in [0.25, 0.3) is 0 Å². The Kier molecular flexibility index (Phi) is 2.28. The van der Waals surface area contributed by atoms with Crippen LogP contribution in [0.5, 0.6) is 0 Å². The van der Waals surface area contributed by atoms with E-state index < -0.39 is 0 Å². The number of rotatable bonds is 0. The van der Waals surface area contributed by atoms with E-state index in [0.717, 1.165) is 10.3 Å². The van der Waals surface area contributed by atoms with Crippen LogP contribution in [0, 0.1) is 0 Å². The first-order valence-corrected chi connectivity index (χ1v) is 4.27. The third-order valence-electron chi connectivity index (χ3n) is 1.37. The summed E-state index contributed by atoms with van der Waals surface area (Å²) in [6.45, 7) is 6.34. The number of hydrogen-bond acceptors (Lipinski definition) is 2. The van der Waals surface area contributed by atoms with Crippen molar-refractivity contribution in [3.63, 3.8) is 0 Å². The van der Waals surface area contributed by atoms with Gasteiger partial charge in [0.2, 0.25) is 0 Å². The zero-order chi connectivity index (χ0) is 8.48. The predicted molar refractivity (Wildman–Crippen MR) is 48.4 cm³/mol. The van der Waals surface area contributed by atoms with Crippen LogP contribution in [-0.2, 0) is 5.41 Å². The Labute approximate surface area is 75.2 Å². The second-order valence-electron chi connectivity index (χ2n) is 3.48.